The Balaban J connectivity index is 1.82. The normalized spacial score (nSPS) is 24.7. The van der Waals surface area contributed by atoms with Crippen molar-refractivity contribution in [2.24, 2.45) is 0 Å². The van der Waals surface area contributed by atoms with Gasteiger partial charge in [-0.3, -0.25) is 19.9 Å². The average molecular weight is 322 g/mol. The van der Waals surface area contributed by atoms with E-state index in [0.29, 0.717) is 24.0 Å². The molecule has 1 aromatic heterocycles. The van der Waals surface area contributed by atoms with E-state index in [0.717, 1.165) is 24.1 Å². The standard InChI is InChI=1S/C19H15FN2O2/c20-15-9-12-14(8-11(15)10-3-4-10)19(18(24)22-17(12)23)6-5-16-13(19)2-1-7-21-16/h1-2,7-10H,3-6H2,(H,22,23,24). The van der Waals surface area contributed by atoms with Crippen molar-refractivity contribution in [3.63, 3.8) is 0 Å². The number of pyridine rings is 1. The fraction of sp³-hybridized carbons (Fsp3) is 0.316. The van der Waals surface area contributed by atoms with Gasteiger partial charge in [0.2, 0.25) is 5.91 Å². The third-order valence-electron chi connectivity index (χ3n) is 5.56. The van der Waals surface area contributed by atoms with Gasteiger partial charge in [-0.2, -0.15) is 0 Å². The predicted octanol–water partition coefficient (Wildman–Crippen LogP) is 2.60. The summed E-state index contributed by atoms with van der Waals surface area (Å²) in [4.78, 5) is 29.5. The van der Waals surface area contributed by atoms with E-state index in [4.69, 9.17) is 0 Å². The van der Waals surface area contributed by atoms with Crippen LogP contribution >= 0.6 is 0 Å². The van der Waals surface area contributed by atoms with E-state index < -0.39 is 11.3 Å². The molecule has 1 aliphatic heterocycles. The zero-order valence-corrected chi connectivity index (χ0v) is 12.9. The van der Waals surface area contributed by atoms with Crippen molar-refractivity contribution in [1.82, 2.24) is 10.3 Å². The molecule has 4 nitrogen and oxygen atoms in total. The number of benzene rings is 1. The lowest BCUT2D eigenvalue weighted by Gasteiger charge is -2.35. The zero-order valence-electron chi connectivity index (χ0n) is 12.9. The number of hydrogen-bond donors (Lipinski definition) is 1. The summed E-state index contributed by atoms with van der Waals surface area (Å²) >= 11 is 0. The molecule has 1 fully saturated rings. The van der Waals surface area contributed by atoms with Crippen molar-refractivity contribution < 1.29 is 14.0 Å². The van der Waals surface area contributed by atoms with Crippen molar-refractivity contribution in [1.29, 1.82) is 0 Å². The molecule has 5 heteroatoms. The highest BCUT2D eigenvalue weighted by Crippen LogP contribution is 2.49. The van der Waals surface area contributed by atoms with E-state index in [1.807, 2.05) is 6.07 Å². The lowest BCUT2D eigenvalue weighted by Crippen LogP contribution is -2.51. The maximum Gasteiger partial charge on any atom is 0.258 e. The molecule has 2 heterocycles. The number of hydrogen-bond acceptors (Lipinski definition) is 3. The summed E-state index contributed by atoms with van der Waals surface area (Å²) in [5, 5.41) is 2.43. The first-order chi connectivity index (χ1) is 11.6. The molecule has 1 saturated carbocycles. The Morgan fingerprint density at radius 2 is 2.04 bits per heavy atom. The molecule has 2 aromatic rings. The number of carbonyl (C=O) groups is 2. The van der Waals surface area contributed by atoms with Crippen LogP contribution in [0.1, 0.15) is 57.9 Å². The summed E-state index contributed by atoms with van der Waals surface area (Å²) in [5.74, 6) is -0.971. The van der Waals surface area contributed by atoms with Gasteiger partial charge in [0.1, 0.15) is 11.2 Å². The number of aromatic nitrogens is 1. The molecule has 2 aliphatic carbocycles. The highest BCUT2D eigenvalue weighted by atomic mass is 19.1. The van der Waals surface area contributed by atoms with Crippen molar-refractivity contribution in [3.8, 4) is 0 Å². The number of halogens is 1. The molecule has 0 bridgehead atoms. The van der Waals surface area contributed by atoms with Gasteiger partial charge in [0.15, 0.2) is 0 Å². The Hall–Kier alpha value is -2.56. The van der Waals surface area contributed by atoms with Crippen molar-refractivity contribution >= 4 is 11.8 Å². The van der Waals surface area contributed by atoms with Crippen LogP contribution in [-0.4, -0.2) is 16.8 Å². The molecule has 1 spiro atoms. The van der Waals surface area contributed by atoms with Crippen molar-refractivity contribution in [2.45, 2.75) is 37.0 Å². The van der Waals surface area contributed by atoms with Crippen LogP contribution in [0.2, 0.25) is 0 Å². The largest absolute Gasteiger partial charge is 0.291 e. The van der Waals surface area contributed by atoms with Gasteiger partial charge in [-0.05, 0) is 60.4 Å². The monoisotopic (exact) mass is 322 g/mol. The van der Waals surface area contributed by atoms with E-state index in [2.05, 4.69) is 10.3 Å². The molecule has 1 aromatic carbocycles. The Morgan fingerprint density at radius 3 is 2.83 bits per heavy atom. The lowest BCUT2D eigenvalue weighted by molar-refractivity contribution is -0.124. The van der Waals surface area contributed by atoms with Crippen molar-refractivity contribution in [2.75, 3.05) is 0 Å². The predicted molar refractivity (Wildman–Crippen MR) is 84.2 cm³/mol. The molecule has 1 N–H and O–H groups in total. The molecule has 1 atom stereocenters. The number of aryl methyl sites for hydroxylation is 1. The Labute approximate surface area is 138 Å². The summed E-state index contributed by atoms with van der Waals surface area (Å²) in [6, 6.07) is 6.77. The van der Waals surface area contributed by atoms with Crippen LogP contribution in [-0.2, 0) is 16.6 Å². The Bertz CT molecular complexity index is 920. The van der Waals surface area contributed by atoms with Crippen LogP contribution in [0.25, 0.3) is 0 Å². The Morgan fingerprint density at radius 1 is 1.21 bits per heavy atom. The van der Waals surface area contributed by atoms with E-state index >= 15 is 0 Å². The van der Waals surface area contributed by atoms with Crippen molar-refractivity contribution in [3.05, 3.63) is 64.2 Å². The SMILES string of the molecule is O=C1NC(=O)C2(CCc3ncccc32)c2cc(C3CC3)c(F)cc21. The minimum atomic E-state index is -0.926. The summed E-state index contributed by atoms with van der Waals surface area (Å²) in [6.07, 6.45) is 4.86. The van der Waals surface area contributed by atoms with Gasteiger partial charge >= 0.3 is 0 Å². The number of nitrogens with zero attached hydrogens (tertiary/aromatic N) is 1. The molecule has 24 heavy (non-hydrogen) atoms. The van der Waals surface area contributed by atoms with Gasteiger partial charge in [-0.25, -0.2) is 4.39 Å². The van der Waals surface area contributed by atoms with E-state index in [9.17, 15) is 14.0 Å². The summed E-state index contributed by atoms with van der Waals surface area (Å²) in [5.41, 5.74) is 2.34. The second kappa shape index (κ2) is 4.50. The molecular weight excluding hydrogens is 307 g/mol. The quantitative estimate of drug-likeness (QED) is 0.821. The maximum atomic E-state index is 14.4. The summed E-state index contributed by atoms with van der Waals surface area (Å²) < 4.78 is 14.4. The van der Waals surface area contributed by atoms with E-state index in [1.54, 1.807) is 18.3 Å². The van der Waals surface area contributed by atoms with Gasteiger partial charge in [0, 0.05) is 17.5 Å². The van der Waals surface area contributed by atoms with Gasteiger partial charge < -0.3 is 0 Å². The highest BCUT2D eigenvalue weighted by molar-refractivity contribution is 6.15. The second-order valence-corrected chi connectivity index (χ2v) is 6.88. The molecule has 5 rings (SSSR count). The van der Waals surface area contributed by atoms with Crippen LogP contribution in [0.4, 0.5) is 4.39 Å². The number of carbonyl (C=O) groups excluding carboxylic acids is 2. The number of nitrogens with one attached hydrogen (secondary N) is 1. The second-order valence-electron chi connectivity index (χ2n) is 6.88. The fourth-order valence-electron chi connectivity index (χ4n) is 4.22. The highest BCUT2D eigenvalue weighted by Gasteiger charge is 2.52. The first-order valence-corrected chi connectivity index (χ1v) is 8.25. The van der Waals surface area contributed by atoms with Crippen LogP contribution < -0.4 is 5.32 Å². The maximum absolute atomic E-state index is 14.4. The first kappa shape index (κ1) is 13.8. The molecule has 120 valence electrons. The summed E-state index contributed by atoms with van der Waals surface area (Å²) in [7, 11) is 0. The Kier molecular flexibility index (Phi) is 2.59. The van der Waals surface area contributed by atoms with Gasteiger partial charge in [-0.1, -0.05) is 12.1 Å². The van der Waals surface area contributed by atoms with Gasteiger partial charge in [-0.15, -0.1) is 0 Å². The van der Waals surface area contributed by atoms with Gasteiger partial charge in [0.25, 0.3) is 5.91 Å². The third kappa shape index (κ3) is 1.64. The van der Waals surface area contributed by atoms with Crippen LogP contribution in [0.3, 0.4) is 0 Å². The molecule has 2 amide bonds. The minimum Gasteiger partial charge on any atom is -0.291 e. The first-order valence-electron chi connectivity index (χ1n) is 8.25. The third-order valence-corrected chi connectivity index (χ3v) is 5.56. The number of amides is 2. The molecule has 3 aliphatic rings. The number of rotatable bonds is 1. The summed E-state index contributed by atoms with van der Waals surface area (Å²) in [6.45, 7) is 0. The molecule has 0 saturated heterocycles. The van der Waals surface area contributed by atoms with Crippen LogP contribution in [0.15, 0.2) is 30.5 Å². The van der Waals surface area contributed by atoms with Crippen LogP contribution in [0, 0.1) is 5.82 Å². The number of fused-ring (bicyclic) bond motifs is 4. The minimum absolute atomic E-state index is 0.210. The number of imide groups is 1. The average Bonchev–Trinajstić information content (AvgIpc) is 3.34. The molecule has 1 unspecified atom stereocenters. The fourth-order valence-corrected chi connectivity index (χ4v) is 4.22. The zero-order chi connectivity index (χ0) is 16.5. The lowest BCUT2D eigenvalue weighted by atomic mass is 9.70. The van der Waals surface area contributed by atoms with E-state index in [1.165, 1.54) is 6.07 Å². The molecule has 0 radical (unpaired) electrons. The van der Waals surface area contributed by atoms with E-state index in [-0.39, 0.29) is 23.2 Å². The van der Waals surface area contributed by atoms with Crippen LogP contribution in [0.5, 0.6) is 0 Å². The molecular formula is C19H15FN2O2. The topological polar surface area (TPSA) is 59.1 Å². The van der Waals surface area contributed by atoms with Gasteiger partial charge in [0.05, 0.1) is 0 Å². The smallest absolute Gasteiger partial charge is 0.258 e.